The third-order valence-electron chi connectivity index (χ3n) is 6.52. The zero-order valence-electron chi connectivity index (χ0n) is 21.2. The molecule has 2 aliphatic heterocycles. The number of nitrogens with one attached hydrogen (secondary N) is 2. The minimum absolute atomic E-state index is 0.112. The van der Waals surface area contributed by atoms with Gasteiger partial charge in [0.25, 0.3) is 5.91 Å². The predicted octanol–water partition coefficient (Wildman–Crippen LogP) is 4.28. The molecular formula is C28H23F2N3O7. The highest BCUT2D eigenvalue weighted by Crippen LogP contribution is 2.36. The van der Waals surface area contributed by atoms with Crippen LogP contribution in [-0.2, 0) is 27.5 Å². The number of halogens is 2. The van der Waals surface area contributed by atoms with Gasteiger partial charge in [-0.15, -0.1) is 0 Å². The molecule has 206 valence electrons. The van der Waals surface area contributed by atoms with Crippen molar-refractivity contribution in [1.29, 1.82) is 0 Å². The lowest BCUT2D eigenvalue weighted by molar-refractivity contribution is -0.136. The Morgan fingerprint density at radius 3 is 2.48 bits per heavy atom. The van der Waals surface area contributed by atoms with Gasteiger partial charge in [-0.1, -0.05) is 12.1 Å². The van der Waals surface area contributed by atoms with Gasteiger partial charge >= 0.3 is 6.09 Å². The van der Waals surface area contributed by atoms with Crippen LogP contribution in [0.25, 0.3) is 0 Å². The van der Waals surface area contributed by atoms with Crippen molar-refractivity contribution in [1.82, 2.24) is 10.2 Å². The van der Waals surface area contributed by atoms with Crippen molar-refractivity contribution in [2.75, 3.05) is 12.4 Å². The van der Waals surface area contributed by atoms with E-state index in [0.29, 0.717) is 22.6 Å². The molecule has 3 aromatic rings. The van der Waals surface area contributed by atoms with E-state index < -0.39 is 35.6 Å². The maximum atomic E-state index is 13.4. The number of imide groups is 1. The second-order valence-electron chi connectivity index (χ2n) is 9.10. The Balaban J connectivity index is 1.20. The number of anilines is 1. The first kappa shape index (κ1) is 26.6. The molecule has 0 spiro atoms. The van der Waals surface area contributed by atoms with Gasteiger partial charge in [0.05, 0.1) is 12.7 Å². The quantitative estimate of drug-likeness (QED) is 0.421. The number of methoxy groups -OCH3 is 1. The largest absolute Gasteiger partial charge is 0.495 e. The normalized spacial score (nSPS) is 16.3. The summed E-state index contributed by atoms with van der Waals surface area (Å²) in [6, 6.07) is 11.9. The van der Waals surface area contributed by atoms with Crippen molar-refractivity contribution in [3.63, 3.8) is 0 Å². The highest BCUT2D eigenvalue weighted by Gasteiger charge is 2.41. The number of rotatable bonds is 7. The molecule has 0 aromatic heterocycles. The van der Waals surface area contributed by atoms with Gasteiger partial charge in [-0.2, -0.15) is 0 Å². The van der Waals surface area contributed by atoms with Gasteiger partial charge in [-0.05, 0) is 48.4 Å². The van der Waals surface area contributed by atoms with Crippen LogP contribution in [0.3, 0.4) is 0 Å². The number of benzene rings is 3. The first-order chi connectivity index (χ1) is 19.2. The van der Waals surface area contributed by atoms with Crippen molar-refractivity contribution in [2.45, 2.75) is 32.0 Å². The van der Waals surface area contributed by atoms with Crippen molar-refractivity contribution < 1.29 is 42.2 Å². The maximum absolute atomic E-state index is 13.4. The van der Waals surface area contributed by atoms with Crippen LogP contribution in [0.2, 0.25) is 0 Å². The van der Waals surface area contributed by atoms with Gasteiger partial charge in [0.2, 0.25) is 11.8 Å². The van der Waals surface area contributed by atoms with Gasteiger partial charge in [0.1, 0.15) is 29.9 Å². The molecule has 1 saturated heterocycles. The Morgan fingerprint density at radius 1 is 1.02 bits per heavy atom. The van der Waals surface area contributed by atoms with Crippen LogP contribution < -0.4 is 20.1 Å². The number of hydrogen-bond donors (Lipinski definition) is 2. The van der Waals surface area contributed by atoms with Crippen molar-refractivity contribution >= 4 is 29.5 Å². The molecule has 0 saturated carbocycles. The number of carbonyl (C=O) groups excluding carboxylic acids is 4. The Morgan fingerprint density at radius 2 is 1.77 bits per heavy atom. The van der Waals surface area contributed by atoms with Crippen molar-refractivity contribution in [3.8, 4) is 17.2 Å². The molecule has 4 amide bonds. The van der Waals surface area contributed by atoms with Gasteiger partial charge in [-0.25, -0.2) is 13.6 Å². The topological polar surface area (TPSA) is 123 Å². The molecule has 10 nitrogen and oxygen atoms in total. The van der Waals surface area contributed by atoms with Crippen LogP contribution in [0.1, 0.15) is 34.3 Å². The number of ether oxygens (including phenoxy) is 3. The highest BCUT2D eigenvalue weighted by molar-refractivity contribution is 6.06. The molecule has 1 atom stereocenters. The van der Waals surface area contributed by atoms with Gasteiger partial charge in [0.15, 0.2) is 11.6 Å². The summed E-state index contributed by atoms with van der Waals surface area (Å²) in [6.45, 7) is -0.0143. The van der Waals surface area contributed by atoms with Crippen LogP contribution in [0.5, 0.6) is 17.2 Å². The Kier molecular flexibility index (Phi) is 7.32. The standard InChI is InChI=1S/C28H23F2N3O7/c1-38-25-16(3-2-15-13-33(27(36)24(15)25)22-10-11-23(34)32-26(22)35)14-39-28(37)31-17-4-6-18(7-5-17)40-19-8-9-20(29)21(30)12-19/h2-9,12,22H,10-11,13-14H2,1H3,(H,31,37)(H,32,34,35). The zero-order chi connectivity index (χ0) is 28.4. The van der Waals surface area contributed by atoms with E-state index in [1.54, 1.807) is 12.1 Å². The summed E-state index contributed by atoms with van der Waals surface area (Å²) in [7, 11) is 1.39. The number of nitrogens with zero attached hydrogens (tertiary/aromatic N) is 1. The lowest BCUT2D eigenvalue weighted by Crippen LogP contribution is -2.52. The summed E-state index contributed by atoms with van der Waals surface area (Å²) in [5.41, 5.74) is 1.78. The molecule has 2 heterocycles. The van der Waals surface area contributed by atoms with Crippen LogP contribution >= 0.6 is 0 Å². The number of carbonyl (C=O) groups is 4. The van der Waals surface area contributed by atoms with Crippen LogP contribution in [-0.4, -0.2) is 41.9 Å². The average molecular weight is 552 g/mol. The molecule has 2 N–H and O–H groups in total. The minimum atomic E-state index is -1.03. The molecule has 2 aliphatic rings. The summed E-state index contributed by atoms with van der Waals surface area (Å²) in [6.07, 6.45) is -0.389. The van der Waals surface area contributed by atoms with E-state index in [-0.39, 0.29) is 49.0 Å². The fourth-order valence-corrected chi connectivity index (χ4v) is 4.59. The second-order valence-corrected chi connectivity index (χ2v) is 9.10. The minimum Gasteiger partial charge on any atom is -0.495 e. The highest BCUT2D eigenvalue weighted by atomic mass is 19.2. The van der Waals surface area contributed by atoms with Crippen molar-refractivity contribution in [3.05, 3.63) is 82.9 Å². The van der Waals surface area contributed by atoms with E-state index >= 15 is 0 Å². The maximum Gasteiger partial charge on any atom is 0.411 e. The molecule has 0 bridgehead atoms. The summed E-state index contributed by atoms with van der Waals surface area (Å²) in [4.78, 5) is 50.9. The van der Waals surface area contributed by atoms with Crippen LogP contribution in [0.15, 0.2) is 54.6 Å². The van der Waals surface area contributed by atoms with E-state index in [2.05, 4.69) is 10.6 Å². The third kappa shape index (κ3) is 5.41. The van der Waals surface area contributed by atoms with Crippen molar-refractivity contribution in [2.24, 2.45) is 0 Å². The van der Waals surface area contributed by atoms with E-state index in [9.17, 15) is 28.0 Å². The summed E-state index contributed by atoms with van der Waals surface area (Å²) < 4.78 is 42.7. The molecule has 1 unspecified atom stereocenters. The monoisotopic (exact) mass is 551 g/mol. The second kappa shape index (κ2) is 11.0. The first-order valence-corrected chi connectivity index (χ1v) is 12.2. The predicted molar refractivity (Wildman–Crippen MR) is 136 cm³/mol. The summed E-state index contributed by atoms with van der Waals surface area (Å²) >= 11 is 0. The molecule has 12 heteroatoms. The molecule has 1 fully saturated rings. The van der Waals surface area contributed by atoms with E-state index in [4.69, 9.17) is 14.2 Å². The average Bonchev–Trinajstić information content (AvgIpc) is 3.26. The van der Waals surface area contributed by atoms with E-state index in [0.717, 1.165) is 12.1 Å². The van der Waals surface area contributed by atoms with Crippen LogP contribution in [0, 0.1) is 11.6 Å². The lowest BCUT2D eigenvalue weighted by Gasteiger charge is -2.29. The molecule has 5 rings (SSSR count). The first-order valence-electron chi connectivity index (χ1n) is 12.2. The number of fused-ring (bicyclic) bond motifs is 1. The molecule has 0 radical (unpaired) electrons. The number of amides is 4. The Labute approximate surface area is 226 Å². The molecular weight excluding hydrogens is 528 g/mol. The van der Waals surface area contributed by atoms with E-state index in [1.165, 1.54) is 42.3 Å². The molecule has 0 aliphatic carbocycles. The summed E-state index contributed by atoms with van der Waals surface area (Å²) in [5.74, 6) is -2.61. The zero-order valence-corrected chi connectivity index (χ0v) is 21.2. The van der Waals surface area contributed by atoms with Gasteiger partial charge in [-0.3, -0.25) is 25.0 Å². The lowest BCUT2D eigenvalue weighted by atomic mass is 10.0. The number of piperidine rings is 1. The number of hydrogen-bond acceptors (Lipinski definition) is 7. The van der Waals surface area contributed by atoms with Crippen LogP contribution in [0.4, 0.5) is 19.3 Å². The fourth-order valence-electron chi connectivity index (χ4n) is 4.59. The fraction of sp³-hybridized carbons (Fsp3) is 0.214. The molecule has 3 aromatic carbocycles. The van der Waals surface area contributed by atoms with E-state index in [1.807, 2.05) is 0 Å². The third-order valence-corrected chi connectivity index (χ3v) is 6.52. The SMILES string of the molecule is COc1c(COC(=O)Nc2ccc(Oc3ccc(F)c(F)c3)cc2)ccc2c1C(=O)N(C1CCC(=O)NC1=O)C2. The Bertz CT molecular complexity index is 1510. The summed E-state index contributed by atoms with van der Waals surface area (Å²) in [5, 5.41) is 4.83. The van der Waals surface area contributed by atoms with Gasteiger partial charge < -0.3 is 19.1 Å². The molecule has 40 heavy (non-hydrogen) atoms. The Hall–Kier alpha value is -5.00. The smallest absolute Gasteiger partial charge is 0.411 e. The van der Waals surface area contributed by atoms with Gasteiger partial charge in [0, 0.05) is 30.3 Å².